The molecule has 0 amide bonds. The number of unbranched alkanes of at least 4 members (excludes halogenated alkanes) is 21. The molecule has 1 aromatic carbocycles. The monoisotopic (exact) mass is 566 g/mol. The minimum Gasteiger partial charge on any atom is -0.234 e. The van der Waals surface area contributed by atoms with E-state index in [2.05, 4.69) is 65.7 Å². The van der Waals surface area contributed by atoms with Crippen LogP contribution in [0.5, 0.6) is 0 Å². The summed E-state index contributed by atoms with van der Waals surface area (Å²) in [6, 6.07) is 11.0. The highest BCUT2D eigenvalue weighted by Crippen LogP contribution is 2.15. The summed E-state index contributed by atoms with van der Waals surface area (Å²) in [7, 11) is 0. The fourth-order valence-electron chi connectivity index (χ4n) is 6.36. The maximum absolute atomic E-state index is 2.60. The molecule has 41 heavy (non-hydrogen) atoms. The van der Waals surface area contributed by atoms with Crippen molar-refractivity contribution in [3.63, 3.8) is 0 Å². The Bertz CT molecular complexity index is 808. The van der Waals surface area contributed by atoms with E-state index in [9.17, 15) is 0 Å². The molecule has 0 spiro atoms. The maximum atomic E-state index is 2.60. The molecule has 0 aliphatic carbocycles. The smallest absolute Gasteiger partial charge is 0.234 e. The van der Waals surface area contributed by atoms with Crippen molar-refractivity contribution in [1.82, 2.24) is 4.57 Å². The van der Waals surface area contributed by atoms with Crippen molar-refractivity contribution in [2.45, 2.75) is 194 Å². The highest BCUT2D eigenvalue weighted by Gasteiger charge is 2.16. The molecule has 0 atom stereocenters. The third kappa shape index (κ3) is 18.6. The first kappa shape index (κ1) is 35.6. The highest BCUT2D eigenvalue weighted by molar-refractivity contribution is 5.14. The molecule has 2 rings (SSSR count). The van der Waals surface area contributed by atoms with Crippen LogP contribution in [0, 0.1) is 0 Å². The van der Waals surface area contributed by atoms with Gasteiger partial charge < -0.3 is 0 Å². The van der Waals surface area contributed by atoms with E-state index in [0.29, 0.717) is 0 Å². The Kier molecular flexibility index (Phi) is 22.7. The van der Waals surface area contributed by atoms with Crippen molar-refractivity contribution in [3.05, 3.63) is 54.1 Å². The Hall–Kier alpha value is -1.57. The standard InChI is InChI=1S/C39H69N2/c1-3-5-7-9-11-13-14-15-16-17-18-19-21-23-28-34-40-36-37-41(35-29-32-38-30-25-24-26-31-38)39(40)33-27-22-20-12-10-8-6-4-2/h24-26,30-31,36-37H,3-23,27-29,32-35H2,1-2H3/q+1. The van der Waals surface area contributed by atoms with Crippen LogP contribution in [-0.2, 0) is 25.9 Å². The van der Waals surface area contributed by atoms with E-state index in [-0.39, 0.29) is 0 Å². The molecule has 1 aromatic heterocycles. The molecular formula is C39H69N2+. The van der Waals surface area contributed by atoms with Gasteiger partial charge in [-0.15, -0.1) is 0 Å². The molecule has 0 aliphatic rings. The summed E-state index contributed by atoms with van der Waals surface area (Å²) in [5.74, 6) is 1.58. The number of rotatable bonds is 29. The van der Waals surface area contributed by atoms with Gasteiger partial charge >= 0.3 is 0 Å². The van der Waals surface area contributed by atoms with Gasteiger partial charge in [0.1, 0.15) is 12.4 Å². The number of hydrogen-bond donors (Lipinski definition) is 0. The van der Waals surface area contributed by atoms with Gasteiger partial charge in [-0.25, -0.2) is 9.13 Å². The lowest BCUT2D eigenvalue weighted by Crippen LogP contribution is -2.37. The third-order valence-corrected chi connectivity index (χ3v) is 9.05. The average molecular weight is 566 g/mol. The summed E-state index contributed by atoms with van der Waals surface area (Å²) in [4.78, 5) is 0. The van der Waals surface area contributed by atoms with Crippen LogP contribution in [-0.4, -0.2) is 4.57 Å². The molecule has 0 saturated heterocycles. The van der Waals surface area contributed by atoms with Crippen molar-refractivity contribution in [1.29, 1.82) is 0 Å². The second-order valence-electron chi connectivity index (χ2n) is 12.9. The van der Waals surface area contributed by atoms with Crippen LogP contribution >= 0.6 is 0 Å². The second-order valence-corrected chi connectivity index (χ2v) is 12.9. The van der Waals surface area contributed by atoms with Gasteiger partial charge in [-0.2, -0.15) is 0 Å². The molecule has 2 heteroatoms. The van der Waals surface area contributed by atoms with E-state index in [1.165, 1.54) is 179 Å². The van der Waals surface area contributed by atoms with E-state index in [1.807, 2.05) is 0 Å². The predicted molar refractivity (Wildman–Crippen MR) is 181 cm³/mol. The van der Waals surface area contributed by atoms with Gasteiger partial charge in [0.25, 0.3) is 5.82 Å². The van der Waals surface area contributed by atoms with Crippen LogP contribution < -0.4 is 4.57 Å². The fraction of sp³-hybridized carbons (Fsp3) is 0.769. The van der Waals surface area contributed by atoms with Crippen LogP contribution in [0.4, 0.5) is 0 Å². The molecule has 0 radical (unpaired) electrons. The Morgan fingerprint density at radius 3 is 1.46 bits per heavy atom. The Morgan fingerprint density at radius 1 is 0.488 bits per heavy atom. The van der Waals surface area contributed by atoms with E-state index in [0.717, 1.165) is 6.54 Å². The number of imidazole rings is 1. The molecule has 1 heterocycles. The first-order valence-electron chi connectivity index (χ1n) is 18.5. The first-order valence-corrected chi connectivity index (χ1v) is 18.5. The third-order valence-electron chi connectivity index (χ3n) is 9.05. The lowest BCUT2D eigenvalue weighted by atomic mass is 10.0. The molecule has 0 unspecified atom stereocenters. The zero-order valence-corrected chi connectivity index (χ0v) is 27.7. The number of benzene rings is 1. The number of nitrogens with zero attached hydrogens (tertiary/aromatic N) is 2. The van der Waals surface area contributed by atoms with Crippen molar-refractivity contribution in [2.75, 3.05) is 0 Å². The molecule has 0 N–H and O–H groups in total. The van der Waals surface area contributed by atoms with Gasteiger partial charge in [-0.3, -0.25) is 0 Å². The van der Waals surface area contributed by atoms with Crippen molar-refractivity contribution in [2.24, 2.45) is 0 Å². The SMILES string of the molecule is CCCCCCCCCCCCCCCCCn1cc[n+](CCCc2ccccc2)c1CCCCCCCCCC. The molecular weight excluding hydrogens is 496 g/mol. The molecule has 0 aliphatic heterocycles. The van der Waals surface area contributed by atoms with E-state index < -0.39 is 0 Å². The lowest BCUT2D eigenvalue weighted by molar-refractivity contribution is -0.704. The van der Waals surface area contributed by atoms with Crippen LogP contribution in [0.15, 0.2) is 42.7 Å². The van der Waals surface area contributed by atoms with Crippen LogP contribution in [0.3, 0.4) is 0 Å². The summed E-state index contributed by atoms with van der Waals surface area (Å²) in [5.41, 5.74) is 1.47. The molecule has 2 aromatic rings. The van der Waals surface area contributed by atoms with Gasteiger partial charge in [-0.1, -0.05) is 173 Å². The Balaban J connectivity index is 1.62. The largest absolute Gasteiger partial charge is 0.256 e. The highest BCUT2D eigenvalue weighted by atomic mass is 15.1. The van der Waals surface area contributed by atoms with Gasteiger partial charge in [0, 0.05) is 6.42 Å². The number of aryl methyl sites for hydroxylation is 3. The molecule has 234 valence electrons. The lowest BCUT2D eigenvalue weighted by Gasteiger charge is -2.07. The van der Waals surface area contributed by atoms with E-state index >= 15 is 0 Å². The van der Waals surface area contributed by atoms with Gasteiger partial charge in [0.05, 0.1) is 13.1 Å². The summed E-state index contributed by atoms with van der Waals surface area (Å²) < 4.78 is 5.18. The van der Waals surface area contributed by atoms with E-state index in [4.69, 9.17) is 0 Å². The van der Waals surface area contributed by atoms with Gasteiger partial charge in [0.15, 0.2) is 0 Å². The second kappa shape index (κ2) is 26.1. The zero-order chi connectivity index (χ0) is 29.1. The summed E-state index contributed by atoms with van der Waals surface area (Å²) in [6.45, 7) is 6.97. The number of hydrogen-bond acceptors (Lipinski definition) is 0. The van der Waals surface area contributed by atoms with Crippen molar-refractivity contribution >= 4 is 0 Å². The zero-order valence-electron chi connectivity index (χ0n) is 27.7. The van der Waals surface area contributed by atoms with Gasteiger partial charge in [0.2, 0.25) is 0 Å². The predicted octanol–water partition coefficient (Wildman–Crippen LogP) is 12.0. The molecule has 2 nitrogen and oxygen atoms in total. The topological polar surface area (TPSA) is 8.81 Å². The Labute approximate surface area is 256 Å². The summed E-state index contributed by atoms with van der Waals surface area (Å²) in [5, 5.41) is 0. The normalized spacial score (nSPS) is 11.5. The Morgan fingerprint density at radius 2 is 0.951 bits per heavy atom. The minimum absolute atomic E-state index is 1.15. The summed E-state index contributed by atoms with van der Waals surface area (Å²) >= 11 is 0. The quantitative estimate of drug-likeness (QED) is 0.0685. The fourth-order valence-corrected chi connectivity index (χ4v) is 6.36. The van der Waals surface area contributed by atoms with Crippen LogP contribution in [0.25, 0.3) is 0 Å². The molecule has 0 saturated carbocycles. The van der Waals surface area contributed by atoms with Crippen LogP contribution in [0.1, 0.15) is 179 Å². The first-order chi connectivity index (χ1) is 20.3. The average Bonchev–Trinajstić information content (AvgIpc) is 3.38. The molecule has 0 fully saturated rings. The number of aromatic nitrogens is 2. The van der Waals surface area contributed by atoms with Gasteiger partial charge in [-0.05, 0) is 37.7 Å². The molecule has 0 bridgehead atoms. The van der Waals surface area contributed by atoms with E-state index in [1.54, 1.807) is 5.82 Å². The summed E-state index contributed by atoms with van der Waals surface area (Å²) in [6.07, 6.45) is 41.1. The van der Waals surface area contributed by atoms with Crippen LogP contribution in [0.2, 0.25) is 0 Å². The maximum Gasteiger partial charge on any atom is 0.256 e. The van der Waals surface area contributed by atoms with Crippen molar-refractivity contribution < 1.29 is 4.57 Å². The minimum atomic E-state index is 1.15. The van der Waals surface area contributed by atoms with Crippen molar-refractivity contribution in [3.8, 4) is 0 Å².